The van der Waals surface area contributed by atoms with Crippen LogP contribution < -0.4 is 10.6 Å². The van der Waals surface area contributed by atoms with E-state index in [1.54, 1.807) is 6.26 Å². The topological polar surface area (TPSA) is 71.7 Å². The van der Waals surface area contributed by atoms with Crippen molar-refractivity contribution in [3.05, 3.63) is 42.3 Å². The maximum Gasteiger partial charge on any atom is 0.226 e. The van der Waals surface area contributed by atoms with Gasteiger partial charge in [0.25, 0.3) is 0 Å². The van der Waals surface area contributed by atoms with Gasteiger partial charge >= 0.3 is 0 Å². The smallest absolute Gasteiger partial charge is 0.226 e. The van der Waals surface area contributed by atoms with Crippen molar-refractivity contribution in [2.75, 3.05) is 19.7 Å². The van der Waals surface area contributed by atoms with Crippen molar-refractivity contribution in [2.24, 2.45) is 4.99 Å². The Morgan fingerprint density at radius 2 is 2.17 bits per heavy atom. The molecule has 2 N–H and O–H groups in total. The van der Waals surface area contributed by atoms with Crippen molar-refractivity contribution >= 4 is 5.96 Å². The zero-order valence-corrected chi connectivity index (χ0v) is 14.0. The van der Waals surface area contributed by atoms with E-state index in [0.29, 0.717) is 12.4 Å². The van der Waals surface area contributed by atoms with Crippen LogP contribution in [-0.4, -0.2) is 36.7 Å². The van der Waals surface area contributed by atoms with Crippen LogP contribution in [0, 0.1) is 0 Å². The van der Waals surface area contributed by atoms with Crippen molar-refractivity contribution in [1.29, 1.82) is 0 Å². The molecular formula is C18H24N4O2. The van der Waals surface area contributed by atoms with Crippen LogP contribution in [0.4, 0.5) is 0 Å². The number of benzene rings is 1. The first-order chi connectivity index (χ1) is 11.8. The molecule has 1 unspecified atom stereocenters. The Kier molecular flexibility index (Phi) is 5.85. The summed E-state index contributed by atoms with van der Waals surface area (Å²) in [4.78, 5) is 9.06. The van der Waals surface area contributed by atoms with E-state index < -0.39 is 0 Å². The predicted molar refractivity (Wildman–Crippen MR) is 93.7 cm³/mol. The fourth-order valence-corrected chi connectivity index (χ4v) is 2.61. The SMILES string of the molecule is CCNC(=NCc1coc(-c2ccccc2)n1)NCC1CCCO1. The van der Waals surface area contributed by atoms with Gasteiger partial charge in [-0.3, -0.25) is 0 Å². The molecule has 24 heavy (non-hydrogen) atoms. The van der Waals surface area contributed by atoms with E-state index in [4.69, 9.17) is 9.15 Å². The summed E-state index contributed by atoms with van der Waals surface area (Å²) in [6.07, 6.45) is 4.19. The van der Waals surface area contributed by atoms with Gasteiger partial charge in [-0.05, 0) is 31.9 Å². The molecule has 0 radical (unpaired) electrons. The summed E-state index contributed by atoms with van der Waals surface area (Å²) in [5, 5.41) is 6.57. The summed E-state index contributed by atoms with van der Waals surface area (Å²) >= 11 is 0. The van der Waals surface area contributed by atoms with Gasteiger partial charge in [0.05, 0.1) is 12.6 Å². The molecule has 0 aliphatic carbocycles. The van der Waals surface area contributed by atoms with E-state index in [-0.39, 0.29) is 6.10 Å². The van der Waals surface area contributed by atoms with E-state index >= 15 is 0 Å². The number of hydrogen-bond acceptors (Lipinski definition) is 4. The molecule has 1 saturated heterocycles. The lowest BCUT2D eigenvalue weighted by Gasteiger charge is -2.14. The van der Waals surface area contributed by atoms with Gasteiger partial charge in [0.15, 0.2) is 5.96 Å². The zero-order chi connectivity index (χ0) is 16.6. The second-order valence-electron chi connectivity index (χ2n) is 5.72. The standard InChI is InChI=1S/C18H24N4O2/c1-2-19-18(21-12-16-9-6-10-23-16)20-11-15-13-24-17(22-15)14-7-4-3-5-8-14/h3-5,7-8,13,16H,2,6,9-12H2,1H3,(H2,19,20,21). The molecule has 1 aromatic carbocycles. The van der Waals surface area contributed by atoms with E-state index in [0.717, 1.165) is 49.8 Å². The lowest BCUT2D eigenvalue weighted by atomic mass is 10.2. The van der Waals surface area contributed by atoms with Crippen LogP contribution in [-0.2, 0) is 11.3 Å². The van der Waals surface area contributed by atoms with Gasteiger partial charge in [0.1, 0.15) is 12.0 Å². The molecule has 2 aromatic rings. The lowest BCUT2D eigenvalue weighted by molar-refractivity contribution is 0.114. The van der Waals surface area contributed by atoms with Gasteiger partial charge in [-0.1, -0.05) is 18.2 Å². The molecule has 1 atom stereocenters. The average molecular weight is 328 g/mol. The van der Waals surface area contributed by atoms with Crippen molar-refractivity contribution in [3.8, 4) is 11.5 Å². The highest BCUT2D eigenvalue weighted by molar-refractivity contribution is 5.79. The third-order valence-corrected chi connectivity index (χ3v) is 3.84. The highest BCUT2D eigenvalue weighted by Gasteiger charge is 2.15. The molecule has 128 valence electrons. The van der Waals surface area contributed by atoms with Gasteiger partial charge in [0, 0.05) is 25.3 Å². The summed E-state index contributed by atoms with van der Waals surface area (Å²) in [6, 6.07) is 9.86. The summed E-state index contributed by atoms with van der Waals surface area (Å²) < 4.78 is 11.2. The van der Waals surface area contributed by atoms with Crippen molar-refractivity contribution in [1.82, 2.24) is 15.6 Å². The first-order valence-corrected chi connectivity index (χ1v) is 8.48. The second kappa shape index (κ2) is 8.49. The third-order valence-electron chi connectivity index (χ3n) is 3.84. The maximum absolute atomic E-state index is 5.62. The monoisotopic (exact) mass is 328 g/mol. The maximum atomic E-state index is 5.62. The van der Waals surface area contributed by atoms with Crippen LogP contribution in [0.3, 0.4) is 0 Å². The van der Waals surface area contributed by atoms with Crippen LogP contribution in [0.2, 0.25) is 0 Å². The largest absolute Gasteiger partial charge is 0.444 e. The molecule has 0 saturated carbocycles. The number of guanidine groups is 1. The van der Waals surface area contributed by atoms with Crippen molar-refractivity contribution < 1.29 is 9.15 Å². The van der Waals surface area contributed by atoms with Crippen molar-refractivity contribution in [3.63, 3.8) is 0 Å². The van der Waals surface area contributed by atoms with Gasteiger partial charge in [-0.25, -0.2) is 9.98 Å². The van der Waals surface area contributed by atoms with E-state index in [2.05, 4.69) is 20.6 Å². The second-order valence-corrected chi connectivity index (χ2v) is 5.72. The molecular weight excluding hydrogens is 304 g/mol. The summed E-state index contributed by atoms with van der Waals surface area (Å²) in [5.74, 6) is 1.40. The Morgan fingerprint density at radius 1 is 1.29 bits per heavy atom. The summed E-state index contributed by atoms with van der Waals surface area (Å²) in [6.45, 7) is 4.97. The Labute approximate surface area is 142 Å². The van der Waals surface area contributed by atoms with Gasteiger partial charge in [-0.15, -0.1) is 0 Å². The van der Waals surface area contributed by atoms with Gasteiger partial charge < -0.3 is 19.8 Å². The fourth-order valence-electron chi connectivity index (χ4n) is 2.61. The van der Waals surface area contributed by atoms with Crippen LogP contribution in [0.25, 0.3) is 11.5 Å². The number of hydrogen-bond donors (Lipinski definition) is 2. The first-order valence-electron chi connectivity index (χ1n) is 8.48. The van der Waals surface area contributed by atoms with E-state index in [9.17, 15) is 0 Å². The molecule has 2 heterocycles. The number of ether oxygens (including phenoxy) is 1. The number of aromatic nitrogens is 1. The Balaban J connectivity index is 1.58. The van der Waals surface area contributed by atoms with Crippen LogP contribution in [0.1, 0.15) is 25.5 Å². The first kappa shape index (κ1) is 16.5. The molecule has 0 spiro atoms. The van der Waals surface area contributed by atoms with Crippen molar-refractivity contribution in [2.45, 2.75) is 32.4 Å². The summed E-state index contributed by atoms with van der Waals surface area (Å²) in [7, 11) is 0. The molecule has 6 heteroatoms. The molecule has 1 fully saturated rings. The molecule has 1 aromatic heterocycles. The highest BCUT2D eigenvalue weighted by Crippen LogP contribution is 2.18. The Morgan fingerprint density at radius 3 is 2.92 bits per heavy atom. The number of oxazole rings is 1. The fraction of sp³-hybridized carbons (Fsp3) is 0.444. The minimum absolute atomic E-state index is 0.283. The zero-order valence-electron chi connectivity index (χ0n) is 14.0. The molecule has 6 nitrogen and oxygen atoms in total. The minimum atomic E-state index is 0.283. The molecule has 1 aliphatic rings. The lowest BCUT2D eigenvalue weighted by Crippen LogP contribution is -2.41. The minimum Gasteiger partial charge on any atom is -0.444 e. The number of nitrogens with zero attached hydrogens (tertiary/aromatic N) is 2. The van der Waals surface area contributed by atoms with Crippen LogP contribution >= 0.6 is 0 Å². The Hall–Kier alpha value is -2.34. The summed E-state index contributed by atoms with van der Waals surface area (Å²) in [5.41, 5.74) is 1.78. The molecule has 0 bridgehead atoms. The quantitative estimate of drug-likeness (QED) is 0.630. The molecule has 3 rings (SSSR count). The average Bonchev–Trinajstić information content (AvgIpc) is 3.30. The van der Waals surface area contributed by atoms with Crippen LogP contribution in [0.5, 0.6) is 0 Å². The van der Waals surface area contributed by atoms with Gasteiger partial charge in [-0.2, -0.15) is 0 Å². The number of aliphatic imine (C=N–C) groups is 1. The number of rotatable bonds is 6. The van der Waals surface area contributed by atoms with Crippen LogP contribution in [0.15, 0.2) is 46.0 Å². The predicted octanol–water partition coefficient (Wildman–Crippen LogP) is 2.58. The molecule has 1 aliphatic heterocycles. The van der Waals surface area contributed by atoms with E-state index in [1.807, 2.05) is 37.3 Å². The third kappa shape index (κ3) is 4.58. The number of nitrogens with one attached hydrogen (secondary N) is 2. The highest BCUT2D eigenvalue weighted by atomic mass is 16.5. The molecule has 0 amide bonds. The van der Waals surface area contributed by atoms with E-state index in [1.165, 1.54) is 0 Å². The Bertz CT molecular complexity index is 648. The van der Waals surface area contributed by atoms with Gasteiger partial charge in [0.2, 0.25) is 5.89 Å². The normalized spacial score (nSPS) is 17.9.